The van der Waals surface area contributed by atoms with Crippen LogP contribution in [-0.2, 0) is 0 Å². The van der Waals surface area contributed by atoms with Gasteiger partial charge in [-0.1, -0.05) is 52.1 Å². The molecule has 2 aromatic carbocycles. The van der Waals surface area contributed by atoms with Crippen LogP contribution in [0.4, 0.5) is 5.82 Å². The summed E-state index contributed by atoms with van der Waals surface area (Å²) in [5.74, 6) is 0.990. The molecule has 3 aromatic rings. The molecule has 21 heavy (non-hydrogen) atoms. The van der Waals surface area contributed by atoms with Gasteiger partial charge in [-0.25, -0.2) is 0 Å². The van der Waals surface area contributed by atoms with Crippen molar-refractivity contribution in [2.75, 3.05) is 5.73 Å². The first kappa shape index (κ1) is 13.7. The van der Waals surface area contributed by atoms with Gasteiger partial charge in [0.05, 0.1) is 5.56 Å². The van der Waals surface area contributed by atoms with Crippen LogP contribution in [0.2, 0.25) is 5.02 Å². The maximum Gasteiger partial charge on any atom is 0.176 e. The SMILES string of the molecule is Cc1cc(C)cc(-c2onc(N)c2-c2ccccc2Cl)c1. The van der Waals surface area contributed by atoms with Crippen LogP contribution in [0.15, 0.2) is 47.0 Å². The van der Waals surface area contributed by atoms with E-state index in [1.54, 1.807) is 0 Å². The molecule has 0 aliphatic carbocycles. The molecular formula is C17H15ClN2O. The minimum Gasteiger partial charge on any atom is -0.380 e. The molecule has 106 valence electrons. The molecule has 0 radical (unpaired) electrons. The van der Waals surface area contributed by atoms with E-state index in [0.717, 1.165) is 27.8 Å². The fourth-order valence-electron chi connectivity index (χ4n) is 2.53. The summed E-state index contributed by atoms with van der Waals surface area (Å²) in [6.45, 7) is 4.09. The zero-order valence-corrected chi connectivity index (χ0v) is 12.6. The molecule has 2 N–H and O–H groups in total. The van der Waals surface area contributed by atoms with Crippen LogP contribution in [0.3, 0.4) is 0 Å². The fourth-order valence-corrected chi connectivity index (χ4v) is 2.76. The number of benzene rings is 2. The lowest BCUT2D eigenvalue weighted by molar-refractivity contribution is 0.436. The molecule has 0 fully saturated rings. The van der Waals surface area contributed by atoms with Crippen LogP contribution in [0.5, 0.6) is 0 Å². The molecule has 0 aliphatic heterocycles. The monoisotopic (exact) mass is 298 g/mol. The van der Waals surface area contributed by atoms with Gasteiger partial charge in [0.25, 0.3) is 0 Å². The first-order valence-electron chi connectivity index (χ1n) is 6.65. The van der Waals surface area contributed by atoms with Crippen molar-refractivity contribution >= 4 is 17.4 Å². The van der Waals surface area contributed by atoms with E-state index in [1.807, 2.05) is 50.2 Å². The van der Waals surface area contributed by atoms with Gasteiger partial charge in [0, 0.05) is 16.1 Å². The Bertz CT molecular complexity index is 788. The summed E-state index contributed by atoms with van der Waals surface area (Å²) in [6, 6.07) is 13.7. The second-order valence-electron chi connectivity index (χ2n) is 5.13. The van der Waals surface area contributed by atoms with E-state index in [0.29, 0.717) is 16.6 Å². The van der Waals surface area contributed by atoms with E-state index in [-0.39, 0.29) is 0 Å². The number of hydrogen-bond acceptors (Lipinski definition) is 3. The lowest BCUT2D eigenvalue weighted by atomic mass is 9.99. The number of nitrogens with zero attached hydrogens (tertiary/aromatic N) is 1. The third kappa shape index (κ3) is 2.52. The molecule has 0 atom stereocenters. The Labute approximate surface area is 128 Å². The van der Waals surface area contributed by atoms with E-state index in [2.05, 4.69) is 11.2 Å². The maximum atomic E-state index is 6.28. The molecule has 0 spiro atoms. The van der Waals surface area contributed by atoms with Crippen LogP contribution in [0.1, 0.15) is 11.1 Å². The quantitative estimate of drug-likeness (QED) is 0.735. The van der Waals surface area contributed by atoms with E-state index in [9.17, 15) is 0 Å². The normalized spacial score (nSPS) is 10.8. The van der Waals surface area contributed by atoms with E-state index < -0.39 is 0 Å². The number of aromatic nitrogens is 1. The number of rotatable bonds is 2. The minimum absolute atomic E-state index is 0.345. The third-order valence-electron chi connectivity index (χ3n) is 3.35. The van der Waals surface area contributed by atoms with Gasteiger partial charge in [-0.15, -0.1) is 0 Å². The summed E-state index contributed by atoms with van der Waals surface area (Å²) in [4.78, 5) is 0. The largest absolute Gasteiger partial charge is 0.380 e. The highest BCUT2D eigenvalue weighted by Gasteiger charge is 2.19. The minimum atomic E-state index is 0.345. The van der Waals surface area contributed by atoms with Crippen LogP contribution < -0.4 is 5.73 Å². The highest BCUT2D eigenvalue weighted by atomic mass is 35.5. The van der Waals surface area contributed by atoms with Crippen LogP contribution in [0.25, 0.3) is 22.5 Å². The highest BCUT2D eigenvalue weighted by Crippen LogP contribution is 2.40. The predicted molar refractivity (Wildman–Crippen MR) is 86.3 cm³/mol. The average molecular weight is 299 g/mol. The summed E-state index contributed by atoms with van der Waals surface area (Å²) in [7, 11) is 0. The smallest absolute Gasteiger partial charge is 0.176 e. The van der Waals surface area contributed by atoms with E-state index in [4.69, 9.17) is 21.9 Å². The van der Waals surface area contributed by atoms with Crippen molar-refractivity contribution in [3.8, 4) is 22.5 Å². The van der Waals surface area contributed by atoms with Crippen molar-refractivity contribution in [2.24, 2.45) is 0 Å². The maximum absolute atomic E-state index is 6.28. The number of nitrogen functional groups attached to an aromatic ring is 1. The predicted octanol–water partition coefficient (Wildman–Crippen LogP) is 4.86. The summed E-state index contributed by atoms with van der Waals surface area (Å²) in [5.41, 5.74) is 10.8. The van der Waals surface area contributed by atoms with Gasteiger partial charge in [0.15, 0.2) is 11.6 Å². The van der Waals surface area contributed by atoms with Gasteiger partial charge >= 0.3 is 0 Å². The standard InChI is InChI=1S/C17H15ClN2O/c1-10-7-11(2)9-12(8-10)16-15(17(19)20-21-16)13-5-3-4-6-14(13)18/h3-9H,1-2H3,(H2,19,20). The molecule has 1 heterocycles. The van der Waals surface area contributed by atoms with Crippen molar-refractivity contribution in [1.29, 1.82) is 0 Å². The molecule has 0 bridgehead atoms. The molecule has 4 heteroatoms. The Morgan fingerprint density at radius 3 is 2.38 bits per heavy atom. The molecule has 3 rings (SSSR count). The zero-order valence-electron chi connectivity index (χ0n) is 11.9. The highest BCUT2D eigenvalue weighted by molar-refractivity contribution is 6.33. The number of aryl methyl sites for hydroxylation is 2. The van der Waals surface area contributed by atoms with Gasteiger partial charge in [0.2, 0.25) is 0 Å². The lowest BCUT2D eigenvalue weighted by Gasteiger charge is -2.06. The summed E-state index contributed by atoms with van der Waals surface area (Å²) in [6.07, 6.45) is 0. The lowest BCUT2D eigenvalue weighted by Crippen LogP contribution is -1.90. The van der Waals surface area contributed by atoms with Gasteiger partial charge in [-0.2, -0.15) is 0 Å². The Hall–Kier alpha value is -2.26. The summed E-state index contributed by atoms with van der Waals surface area (Å²) < 4.78 is 5.47. The molecular weight excluding hydrogens is 284 g/mol. The molecule has 0 saturated heterocycles. The summed E-state index contributed by atoms with van der Waals surface area (Å²) >= 11 is 6.28. The van der Waals surface area contributed by atoms with Crippen LogP contribution in [0, 0.1) is 13.8 Å². The topological polar surface area (TPSA) is 52.0 Å². The van der Waals surface area contributed by atoms with Gasteiger partial charge in [-0.05, 0) is 32.0 Å². The van der Waals surface area contributed by atoms with E-state index in [1.165, 1.54) is 0 Å². The molecule has 1 aromatic heterocycles. The third-order valence-corrected chi connectivity index (χ3v) is 3.68. The van der Waals surface area contributed by atoms with Crippen molar-refractivity contribution in [2.45, 2.75) is 13.8 Å². The number of anilines is 1. The number of nitrogens with two attached hydrogens (primary N) is 1. The fraction of sp³-hybridized carbons (Fsp3) is 0.118. The van der Waals surface area contributed by atoms with Crippen molar-refractivity contribution in [3.63, 3.8) is 0 Å². The molecule has 0 amide bonds. The number of halogens is 1. The van der Waals surface area contributed by atoms with Gasteiger partial charge in [0.1, 0.15) is 0 Å². The Balaban J connectivity index is 2.24. The molecule has 0 unspecified atom stereocenters. The van der Waals surface area contributed by atoms with Crippen molar-refractivity contribution < 1.29 is 4.52 Å². The summed E-state index contributed by atoms with van der Waals surface area (Å²) in [5, 5.41) is 4.54. The zero-order chi connectivity index (χ0) is 15.0. The Morgan fingerprint density at radius 1 is 1.05 bits per heavy atom. The second kappa shape index (κ2) is 5.26. The molecule has 3 nitrogen and oxygen atoms in total. The van der Waals surface area contributed by atoms with Gasteiger partial charge in [-0.3, -0.25) is 0 Å². The van der Waals surface area contributed by atoms with Crippen LogP contribution in [-0.4, -0.2) is 5.16 Å². The van der Waals surface area contributed by atoms with Crippen molar-refractivity contribution in [3.05, 3.63) is 58.6 Å². The van der Waals surface area contributed by atoms with Crippen LogP contribution >= 0.6 is 11.6 Å². The van der Waals surface area contributed by atoms with E-state index >= 15 is 0 Å². The van der Waals surface area contributed by atoms with Crippen molar-refractivity contribution in [1.82, 2.24) is 5.16 Å². The van der Waals surface area contributed by atoms with Gasteiger partial charge < -0.3 is 10.3 Å². The Morgan fingerprint density at radius 2 is 1.71 bits per heavy atom. The number of hydrogen-bond donors (Lipinski definition) is 1. The molecule has 0 aliphatic rings. The second-order valence-corrected chi connectivity index (χ2v) is 5.54. The first-order valence-corrected chi connectivity index (χ1v) is 7.03. The first-order chi connectivity index (χ1) is 10.1. The average Bonchev–Trinajstić information content (AvgIpc) is 2.80. The molecule has 0 saturated carbocycles. The Kier molecular flexibility index (Phi) is 3.43.